The number of benzene rings is 3. The minimum atomic E-state index is -0.579. The third-order valence-corrected chi connectivity index (χ3v) is 4.53. The molecule has 5 rings (SSSR count). The van der Waals surface area contributed by atoms with Crippen LogP contribution in [-0.4, -0.2) is 11.0 Å². The van der Waals surface area contributed by atoms with Crippen LogP contribution in [0.15, 0.2) is 82.0 Å². The molecule has 5 nitrogen and oxygen atoms in total. The summed E-state index contributed by atoms with van der Waals surface area (Å²) < 4.78 is 11.3. The van der Waals surface area contributed by atoms with E-state index in [1.54, 1.807) is 42.5 Å². The maximum absolute atomic E-state index is 12.7. The van der Waals surface area contributed by atoms with E-state index in [9.17, 15) is 9.59 Å². The Labute approximate surface area is 152 Å². The van der Waals surface area contributed by atoms with Crippen molar-refractivity contribution in [2.24, 2.45) is 0 Å². The van der Waals surface area contributed by atoms with E-state index in [2.05, 4.69) is 4.98 Å². The molecule has 0 saturated carbocycles. The number of carbonyl (C=O) groups excluding carboxylic acids is 1. The fourth-order valence-corrected chi connectivity index (χ4v) is 3.30. The van der Waals surface area contributed by atoms with E-state index in [0.29, 0.717) is 16.7 Å². The number of aromatic amines is 1. The SMILES string of the molecule is O=C(Oc1ccc2oc3ccccc3c2c1)c1cc(=O)[nH]c2ccccc12. The molecule has 5 heteroatoms. The van der Waals surface area contributed by atoms with Crippen molar-refractivity contribution in [1.29, 1.82) is 0 Å². The van der Waals surface area contributed by atoms with Crippen molar-refractivity contribution in [3.63, 3.8) is 0 Å². The van der Waals surface area contributed by atoms with Crippen LogP contribution in [0.25, 0.3) is 32.8 Å². The van der Waals surface area contributed by atoms with Crippen molar-refractivity contribution < 1.29 is 13.9 Å². The monoisotopic (exact) mass is 355 g/mol. The summed E-state index contributed by atoms with van der Waals surface area (Å²) in [5, 5.41) is 2.45. The minimum Gasteiger partial charge on any atom is -0.456 e. The van der Waals surface area contributed by atoms with Crippen molar-refractivity contribution in [2.45, 2.75) is 0 Å². The molecule has 0 fully saturated rings. The summed E-state index contributed by atoms with van der Waals surface area (Å²) in [6, 6.07) is 21.3. The molecule has 27 heavy (non-hydrogen) atoms. The van der Waals surface area contributed by atoms with Gasteiger partial charge in [-0.05, 0) is 30.3 Å². The minimum absolute atomic E-state index is 0.228. The summed E-state index contributed by atoms with van der Waals surface area (Å²) in [5.74, 6) is -0.187. The van der Waals surface area contributed by atoms with Gasteiger partial charge in [-0.2, -0.15) is 0 Å². The van der Waals surface area contributed by atoms with Crippen molar-refractivity contribution in [2.75, 3.05) is 0 Å². The van der Waals surface area contributed by atoms with E-state index in [-0.39, 0.29) is 11.1 Å². The largest absolute Gasteiger partial charge is 0.456 e. The van der Waals surface area contributed by atoms with Crippen LogP contribution in [0.1, 0.15) is 10.4 Å². The Hall–Kier alpha value is -3.86. The Balaban J connectivity index is 1.58. The number of fused-ring (bicyclic) bond motifs is 4. The Morgan fingerprint density at radius 2 is 1.56 bits per heavy atom. The average molecular weight is 355 g/mol. The van der Waals surface area contributed by atoms with Gasteiger partial charge < -0.3 is 14.1 Å². The molecule has 0 unspecified atom stereocenters. The van der Waals surface area contributed by atoms with E-state index in [4.69, 9.17) is 9.15 Å². The van der Waals surface area contributed by atoms with Crippen molar-refractivity contribution in [3.05, 3.63) is 88.7 Å². The molecular weight excluding hydrogens is 342 g/mol. The highest BCUT2D eigenvalue weighted by atomic mass is 16.5. The molecule has 0 atom stereocenters. The highest BCUT2D eigenvalue weighted by molar-refractivity contribution is 6.06. The molecule has 130 valence electrons. The van der Waals surface area contributed by atoms with Gasteiger partial charge in [0.05, 0.1) is 5.56 Å². The molecule has 0 bridgehead atoms. The van der Waals surface area contributed by atoms with Gasteiger partial charge in [-0.15, -0.1) is 0 Å². The third kappa shape index (κ3) is 2.57. The molecule has 0 aliphatic heterocycles. The highest BCUT2D eigenvalue weighted by Crippen LogP contribution is 2.31. The lowest BCUT2D eigenvalue weighted by Gasteiger charge is -2.07. The maximum atomic E-state index is 12.7. The van der Waals surface area contributed by atoms with E-state index >= 15 is 0 Å². The Kier molecular flexibility index (Phi) is 3.33. The predicted molar refractivity (Wildman–Crippen MR) is 103 cm³/mol. The number of furan rings is 1. The Bertz CT molecular complexity index is 1390. The zero-order chi connectivity index (χ0) is 18.4. The van der Waals surface area contributed by atoms with Crippen LogP contribution in [0.5, 0.6) is 5.75 Å². The number of hydrogen-bond acceptors (Lipinski definition) is 4. The third-order valence-electron chi connectivity index (χ3n) is 4.53. The lowest BCUT2D eigenvalue weighted by Crippen LogP contribution is -2.14. The average Bonchev–Trinajstić information content (AvgIpc) is 3.05. The number of pyridine rings is 1. The molecule has 3 aromatic carbocycles. The van der Waals surface area contributed by atoms with Crippen LogP contribution in [0.3, 0.4) is 0 Å². The number of hydrogen-bond donors (Lipinski definition) is 1. The van der Waals surface area contributed by atoms with Crippen LogP contribution in [0.4, 0.5) is 0 Å². The van der Waals surface area contributed by atoms with Crippen molar-refractivity contribution in [1.82, 2.24) is 4.98 Å². The quantitative estimate of drug-likeness (QED) is 0.370. The normalized spacial score (nSPS) is 11.3. The lowest BCUT2D eigenvalue weighted by molar-refractivity contribution is 0.0737. The molecule has 0 amide bonds. The Morgan fingerprint density at radius 1 is 0.815 bits per heavy atom. The summed E-state index contributed by atoms with van der Waals surface area (Å²) in [6.07, 6.45) is 0. The first-order valence-corrected chi connectivity index (χ1v) is 8.44. The van der Waals surface area contributed by atoms with Gasteiger partial charge >= 0.3 is 5.97 Å². The van der Waals surface area contributed by atoms with Crippen LogP contribution in [0.2, 0.25) is 0 Å². The number of para-hydroxylation sites is 2. The number of aromatic nitrogens is 1. The molecule has 0 aliphatic rings. The number of carbonyl (C=O) groups is 1. The first-order chi connectivity index (χ1) is 13.2. The molecule has 1 N–H and O–H groups in total. The summed E-state index contributed by atoms with van der Waals surface area (Å²) in [7, 11) is 0. The maximum Gasteiger partial charge on any atom is 0.344 e. The van der Waals surface area contributed by atoms with Gasteiger partial charge in [0.15, 0.2) is 0 Å². The van der Waals surface area contributed by atoms with E-state index in [1.807, 2.05) is 24.3 Å². The van der Waals surface area contributed by atoms with Gasteiger partial charge in [-0.25, -0.2) is 4.79 Å². The van der Waals surface area contributed by atoms with Gasteiger partial charge in [-0.3, -0.25) is 4.79 Å². The summed E-state index contributed by atoms with van der Waals surface area (Å²) in [6.45, 7) is 0. The standard InChI is InChI=1S/C22H13NO4/c24-21-12-17(14-5-1-3-7-18(14)23-21)22(25)26-13-9-10-20-16(11-13)15-6-2-4-8-19(15)27-20/h1-12H,(H,23,24). The fraction of sp³-hybridized carbons (Fsp3) is 0. The van der Waals surface area contributed by atoms with Crippen molar-refractivity contribution in [3.8, 4) is 5.75 Å². The summed E-state index contributed by atoms with van der Waals surface area (Å²) >= 11 is 0. The fourth-order valence-electron chi connectivity index (χ4n) is 3.30. The van der Waals surface area contributed by atoms with Gasteiger partial charge in [-0.1, -0.05) is 36.4 Å². The second-order valence-electron chi connectivity index (χ2n) is 6.24. The second kappa shape index (κ2) is 5.85. The van der Waals surface area contributed by atoms with Crippen LogP contribution >= 0.6 is 0 Å². The van der Waals surface area contributed by atoms with E-state index < -0.39 is 5.97 Å². The molecule has 0 spiro atoms. The Morgan fingerprint density at radius 3 is 2.44 bits per heavy atom. The molecule has 0 saturated heterocycles. The summed E-state index contributed by atoms with van der Waals surface area (Å²) in [5.41, 5.74) is 1.96. The number of nitrogens with one attached hydrogen (secondary N) is 1. The molecule has 0 radical (unpaired) electrons. The molecule has 0 aliphatic carbocycles. The smallest absolute Gasteiger partial charge is 0.344 e. The lowest BCUT2D eigenvalue weighted by atomic mass is 10.1. The highest BCUT2D eigenvalue weighted by Gasteiger charge is 2.15. The second-order valence-corrected chi connectivity index (χ2v) is 6.24. The van der Waals surface area contributed by atoms with Gasteiger partial charge in [0, 0.05) is 27.7 Å². The number of esters is 1. The number of ether oxygens (including phenoxy) is 1. The van der Waals surface area contributed by atoms with E-state index in [0.717, 1.165) is 21.9 Å². The first-order valence-electron chi connectivity index (χ1n) is 8.44. The van der Waals surface area contributed by atoms with Gasteiger partial charge in [0.25, 0.3) is 0 Å². The predicted octanol–water partition coefficient (Wildman–Crippen LogP) is 4.65. The zero-order valence-electron chi connectivity index (χ0n) is 14.1. The van der Waals surface area contributed by atoms with Gasteiger partial charge in [0.1, 0.15) is 16.9 Å². The number of H-pyrrole nitrogens is 1. The van der Waals surface area contributed by atoms with Crippen LogP contribution < -0.4 is 10.3 Å². The van der Waals surface area contributed by atoms with Gasteiger partial charge in [0.2, 0.25) is 5.56 Å². The number of rotatable bonds is 2. The molecular formula is C22H13NO4. The molecule has 2 aromatic heterocycles. The first kappa shape index (κ1) is 15.4. The molecule has 5 aromatic rings. The summed E-state index contributed by atoms with van der Waals surface area (Å²) in [4.78, 5) is 27.3. The van der Waals surface area contributed by atoms with Crippen molar-refractivity contribution >= 4 is 38.8 Å². The topological polar surface area (TPSA) is 72.3 Å². The molecule has 2 heterocycles. The van der Waals surface area contributed by atoms with Crippen LogP contribution in [-0.2, 0) is 0 Å². The zero-order valence-corrected chi connectivity index (χ0v) is 14.1. The van der Waals surface area contributed by atoms with Crippen LogP contribution in [0, 0.1) is 0 Å². The van der Waals surface area contributed by atoms with E-state index in [1.165, 1.54) is 6.07 Å².